The number of halogens is 2. The molecule has 1 aromatic carbocycles. The second-order valence-corrected chi connectivity index (χ2v) is 10.2. The predicted molar refractivity (Wildman–Crippen MR) is 137 cm³/mol. The third-order valence-corrected chi connectivity index (χ3v) is 7.50. The van der Waals surface area contributed by atoms with E-state index in [4.69, 9.17) is 22.6 Å². The SMILES string of the molecule is N#CCCN1[C@@H]2CC[C@H]1C[C@H](Nc1c(/C(N)=N/c3ccc(O)cc3Cl)cnn3cc(Br)cc13)C2. The number of rotatable bonds is 6. The number of piperidine rings is 1. The number of aromatic nitrogens is 2. The van der Waals surface area contributed by atoms with Gasteiger partial charge >= 0.3 is 0 Å². The van der Waals surface area contributed by atoms with E-state index in [-0.39, 0.29) is 17.6 Å². The van der Waals surface area contributed by atoms with Crippen molar-refractivity contribution in [3.63, 3.8) is 0 Å². The molecule has 8 nitrogen and oxygen atoms in total. The second-order valence-electron chi connectivity index (χ2n) is 8.90. The monoisotopic (exact) mass is 541 g/mol. The van der Waals surface area contributed by atoms with E-state index in [0.717, 1.165) is 35.1 Å². The highest BCUT2D eigenvalue weighted by Gasteiger charge is 2.40. The fourth-order valence-electron chi connectivity index (χ4n) is 5.29. The number of nitrogens with one attached hydrogen (secondary N) is 1. The van der Waals surface area contributed by atoms with Gasteiger partial charge in [0.1, 0.15) is 11.6 Å². The molecule has 5 rings (SSSR count). The van der Waals surface area contributed by atoms with Crippen molar-refractivity contribution in [1.82, 2.24) is 14.5 Å². The summed E-state index contributed by atoms with van der Waals surface area (Å²) >= 11 is 9.81. The largest absolute Gasteiger partial charge is 0.508 e. The van der Waals surface area contributed by atoms with Gasteiger partial charge in [-0.2, -0.15) is 10.4 Å². The molecule has 0 saturated carbocycles. The van der Waals surface area contributed by atoms with Crippen LogP contribution < -0.4 is 11.1 Å². The van der Waals surface area contributed by atoms with Crippen molar-refractivity contribution in [2.24, 2.45) is 10.7 Å². The van der Waals surface area contributed by atoms with Crippen LogP contribution in [-0.4, -0.2) is 50.1 Å². The van der Waals surface area contributed by atoms with E-state index < -0.39 is 0 Å². The Kier molecular flexibility index (Phi) is 6.38. The highest BCUT2D eigenvalue weighted by atomic mass is 79.9. The molecule has 2 aromatic heterocycles. The molecule has 2 bridgehead atoms. The Morgan fingerprint density at radius 3 is 2.79 bits per heavy atom. The molecule has 3 aromatic rings. The average molecular weight is 543 g/mol. The molecule has 2 saturated heterocycles. The zero-order chi connectivity index (χ0) is 23.8. The van der Waals surface area contributed by atoms with Gasteiger partial charge in [0.2, 0.25) is 0 Å². The van der Waals surface area contributed by atoms with Crippen molar-refractivity contribution < 1.29 is 5.11 Å². The Labute approximate surface area is 211 Å². The lowest BCUT2D eigenvalue weighted by atomic mass is 9.96. The standard InChI is InChI=1S/C24H25BrClN7O/c25-14-8-22-23(30-15-9-16-2-3-17(10-15)32(16)7-1-6-27)19(12-29-33(22)13-14)24(28)31-21-5-4-18(34)11-20(21)26/h4-5,8,11-13,15-17,30,34H,1-3,7,9-10H2,(H2,28,31)/t15-,16-,17+. The maximum Gasteiger partial charge on any atom is 0.135 e. The third-order valence-electron chi connectivity index (χ3n) is 6.77. The molecule has 2 fully saturated rings. The number of nitrogens with zero attached hydrogens (tertiary/aromatic N) is 5. The summed E-state index contributed by atoms with van der Waals surface area (Å²) in [5.41, 5.74) is 9.42. The number of amidine groups is 1. The Bertz CT molecular complexity index is 1290. The number of anilines is 1. The van der Waals surface area contributed by atoms with Crippen molar-refractivity contribution in [3.8, 4) is 11.8 Å². The number of nitriles is 1. The second kappa shape index (κ2) is 9.45. The van der Waals surface area contributed by atoms with Gasteiger partial charge in [-0.15, -0.1) is 0 Å². The highest BCUT2D eigenvalue weighted by Crippen LogP contribution is 2.38. The summed E-state index contributed by atoms with van der Waals surface area (Å²) in [6.07, 6.45) is 8.57. The first-order valence-electron chi connectivity index (χ1n) is 11.3. The summed E-state index contributed by atoms with van der Waals surface area (Å²) in [6, 6.07) is 10.2. The van der Waals surface area contributed by atoms with Gasteiger partial charge in [-0.25, -0.2) is 9.51 Å². The van der Waals surface area contributed by atoms with Crippen LogP contribution in [0.2, 0.25) is 5.02 Å². The normalized spacial score (nSPS) is 22.7. The van der Waals surface area contributed by atoms with Crippen molar-refractivity contribution in [2.45, 2.75) is 50.2 Å². The summed E-state index contributed by atoms with van der Waals surface area (Å²) in [4.78, 5) is 7.05. The van der Waals surface area contributed by atoms with E-state index in [1.165, 1.54) is 25.0 Å². The lowest BCUT2D eigenvalue weighted by Gasteiger charge is -2.39. The molecule has 0 aliphatic carbocycles. The molecule has 2 aliphatic heterocycles. The van der Waals surface area contributed by atoms with Crippen LogP contribution in [0.3, 0.4) is 0 Å². The quantitative estimate of drug-likeness (QED) is 0.304. The molecular formula is C24H25BrClN7O. The summed E-state index contributed by atoms with van der Waals surface area (Å²) in [5, 5.41) is 27.3. The summed E-state index contributed by atoms with van der Waals surface area (Å²) in [5.74, 6) is 0.360. The lowest BCUT2D eigenvalue weighted by Crippen LogP contribution is -2.47. The van der Waals surface area contributed by atoms with Crippen molar-refractivity contribution in [3.05, 3.63) is 51.7 Å². The maximum absolute atomic E-state index is 9.64. The molecule has 4 N–H and O–H groups in total. The molecule has 10 heteroatoms. The fraction of sp³-hybridized carbons (Fsp3) is 0.375. The van der Waals surface area contributed by atoms with Crippen LogP contribution >= 0.6 is 27.5 Å². The number of aliphatic imine (C=N–C) groups is 1. The average Bonchev–Trinajstić information content (AvgIpc) is 3.29. The summed E-state index contributed by atoms with van der Waals surface area (Å²) in [7, 11) is 0. The number of hydrogen-bond acceptors (Lipinski definition) is 6. The highest BCUT2D eigenvalue weighted by molar-refractivity contribution is 9.10. The van der Waals surface area contributed by atoms with Crippen molar-refractivity contribution >= 4 is 50.3 Å². The van der Waals surface area contributed by atoms with Crippen molar-refractivity contribution in [2.75, 3.05) is 11.9 Å². The molecule has 176 valence electrons. The Morgan fingerprint density at radius 2 is 2.09 bits per heavy atom. The molecule has 0 radical (unpaired) electrons. The van der Waals surface area contributed by atoms with Gasteiger partial charge in [0.25, 0.3) is 0 Å². The first kappa shape index (κ1) is 23.0. The van der Waals surface area contributed by atoms with Crippen LogP contribution in [0.15, 0.2) is 46.1 Å². The van der Waals surface area contributed by atoms with Crippen LogP contribution in [0, 0.1) is 11.3 Å². The molecule has 34 heavy (non-hydrogen) atoms. The zero-order valence-corrected chi connectivity index (χ0v) is 20.8. The fourth-order valence-corrected chi connectivity index (χ4v) is 5.92. The minimum Gasteiger partial charge on any atom is -0.508 e. The van der Waals surface area contributed by atoms with Crippen LogP contribution in [0.4, 0.5) is 11.4 Å². The van der Waals surface area contributed by atoms with E-state index in [0.29, 0.717) is 34.8 Å². The number of phenols is 1. The van der Waals surface area contributed by atoms with Crippen molar-refractivity contribution in [1.29, 1.82) is 5.26 Å². The van der Waals surface area contributed by atoms with Gasteiger partial charge in [-0.1, -0.05) is 11.6 Å². The van der Waals surface area contributed by atoms with E-state index in [9.17, 15) is 5.11 Å². The van der Waals surface area contributed by atoms with E-state index in [1.54, 1.807) is 12.3 Å². The third kappa shape index (κ3) is 4.45. The molecule has 0 unspecified atom stereocenters. The number of fused-ring (bicyclic) bond motifs is 3. The molecular weight excluding hydrogens is 518 g/mol. The first-order chi connectivity index (χ1) is 16.4. The Morgan fingerprint density at radius 1 is 1.32 bits per heavy atom. The van der Waals surface area contributed by atoms with E-state index in [2.05, 4.69) is 42.3 Å². The zero-order valence-electron chi connectivity index (χ0n) is 18.5. The summed E-state index contributed by atoms with van der Waals surface area (Å²) < 4.78 is 2.73. The topological polar surface area (TPSA) is 115 Å². The number of nitrogens with two attached hydrogens (primary N) is 1. The number of hydrogen-bond donors (Lipinski definition) is 3. The predicted octanol–water partition coefficient (Wildman–Crippen LogP) is 4.81. The van der Waals surface area contributed by atoms with Gasteiger partial charge in [-0.3, -0.25) is 4.90 Å². The number of aromatic hydroxyl groups is 1. The molecule has 0 amide bonds. The molecule has 4 heterocycles. The van der Waals surface area contributed by atoms with Gasteiger partial charge < -0.3 is 16.2 Å². The minimum absolute atomic E-state index is 0.0711. The molecule has 2 aliphatic rings. The first-order valence-corrected chi connectivity index (χ1v) is 12.5. The smallest absolute Gasteiger partial charge is 0.135 e. The van der Waals surface area contributed by atoms with E-state index in [1.807, 2.05) is 16.8 Å². The van der Waals surface area contributed by atoms with Crippen LogP contribution in [0.1, 0.15) is 37.7 Å². The Balaban J connectivity index is 1.48. The molecule has 0 spiro atoms. The lowest BCUT2D eigenvalue weighted by molar-refractivity contribution is 0.136. The van der Waals surface area contributed by atoms with E-state index >= 15 is 0 Å². The summed E-state index contributed by atoms with van der Waals surface area (Å²) in [6.45, 7) is 0.849. The van der Waals surface area contributed by atoms with Crippen LogP contribution in [0.5, 0.6) is 5.75 Å². The van der Waals surface area contributed by atoms with Crippen LogP contribution in [-0.2, 0) is 0 Å². The van der Waals surface area contributed by atoms with Crippen LogP contribution in [0.25, 0.3) is 5.52 Å². The van der Waals surface area contributed by atoms with Gasteiger partial charge in [0.05, 0.1) is 39.7 Å². The van der Waals surface area contributed by atoms with Gasteiger partial charge in [0, 0.05) is 47.8 Å². The molecule has 3 atom stereocenters. The maximum atomic E-state index is 9.64. The Hall–Kier alpha value is -2.80. The van der Waals surface area contributed by atoms with Gasteiger partial charge in [0.15, 0.2) is 0 Å². The number of phenolic OH excluding ortho intramolecular Hbond substituents is 1. The van der Waals surface area contributed by atoms with Gasteiger partial charge in [-0.05, 0) is 59.8 Å². The number of benzene rings is 1. The minimum atomic E-state index is 0.0711.